The molecule has 20 heavy (non-hydrogen) atoms. The summed E-state index contributed by atoms with van der Waals surface area (Å²) in [5.41, 5.74) is 0.0285. The van der Waals surface area contributed by atoms with Crippen LogP contribution in [0.4, 0.5) is 5.69 Å². The number of aliphatic hydroxyl groups excluding tert-OH is 1. The average molecular weight is 280 g/mol. The molecule has 1 saturated carbocycles. The quantitative estimate of drug-likeness (QED) is 0.588. The SMILES string of the molecule is O=[N+]([O-])c1ccc(OC[C@@H](O)CNC2CCCC2)cc1. The van der Waals surface area contributed by atoms with E-state index in [9.17, 15) is 15.2 Å². The smallest absolute Gasteiger partial charge is 0.269 e. The summed E-state index contributed by atoms with van der Waals surface area (Å²) < 4.78 is 5.41. The molecule has 0 bridgehead atoms. The average Bonchev–Trinajstić information content (AvgIpc) is 2.96. The Balaban J connectivity index is 1.69. The van der Waals surface area contributed by atoms with Crippen LogP contribution >= 0.6 is 0 Å². The Bertz CT molecular complexity index is 429. The van der Waals surface area contributed by atoms with Gasteiger partial charge in [0.15, 0.2) is 0 Å². The Morgan fingerprint density at radius 3 is 2.60 bits per heavy atom. The second-order valence-corrected chi connectivity index (χ2v) is 5.11. The summed E-state index contributed by atoms with van der Waals surface area (Å²) in [6, 6.07) is 6.37. The van der Waals surface area contributed by atoms with Gasteiger partial charge in [0.2, 0.25) is 0 Å². The summed E-state index contributed by atoms with van der Waals surface area (Å²) in [6.45, 7) is 0.690. The van der Waals surface area contributed by atoms with E-state index in [0.717, 1.165) is 0 Å². The van der Waals surface area contributed by atoms with Crippen molar-refractivity contribution in [1.29, 1.82) is 0 Å². The lowest BCUT2D eigenvalue weighted by Crippen LogP contribution is -2.36. The highest BCUT2D eigenvalue weighted by Crippen LogP contribution is 2.18. The number of benzene rings is 1. The van der Waals surface area contributed by atoms with Crippen molar-refractivity contribution >= 4 is 5.69 Å². The van der Waals surface area contributed by atoms with Crippen LogP contribution in [0.15, 0.2) is 24.3 Å². The molecule has 0 aliphatic heterocycles. The number of non-ortho nitro benzene ring substituents is 1. The standard InChI is InChI=1S/C14H20N2O4/c17-13(9-15-11-3-1-2-4-11)10-20-14-7-5-12(6-8-14)16(18)19/h5-8,11,13,15,17H,1-4,9-10H2/t13-/m0/s1. The molecular weight excluding hydrogens is 260 g/mol. The van der Waals surface area contributed by atoms with E-state index in [0.29, 0.717) is 18.3 Å². The van der Waals surface area contributed by atoms with Crippen molar-refractivity contribution in [1.82, 2.24) is 5.32 Å². The van der Waals surface area contributed by atoms with Crippen LogP contribution in [0.5, 0.6) is 5.75 Å². The number of aliphatic hydroxyl groups is 1. The maximum atomic E-state index is 10.5. The molecular formula is C14H20N2O4. The number of hydrogen-bond donors (Lipinski definition) is 2. The van der Waals surface area contributed by atoms with E-state index in [1.165, 1.54) is 49.9 Å². The molecule has 0 unspecified atom stereocenters. The van der Waals surface area contributed by atoms with E-state index < -0.39 is 11.0 Å². The zero-order chi connectivity index (χ0) is 14.4. The molecule has 6 nitrogen and oxygen atoms in total. The highest BCUT2D eigenvalue weighted by atomic mass is 16.6. The molecule has 1 aliphatic carbocycles. The largest absolute Gasteiger partial charge is 0.491 e. The molecule has 0 amide bonds. The summed E-state index contributed by atoms with van der Waals surface area (Å²) in [6.07, 6.45) is 4.29. The number of nitrogens with one attached hydrogen (secondary N) is 1. The molecule has 1 aliphatic rings. The van der Waals surface area contributed by atoms with Crippen molar-refractivity contribution in [2.75, 3.05) is 13.2 Å². The Morgan fingerprint density at radius 2 is 2.00 bits per heavy atom. The molecule has 1 atom stereocenters. The molecule has 0 spiro atoms. The first-order chi connectivity index (χ1) is 9.65. The molecule has 1 fully saturated rings. The van der Waals surface area contributed by atoms with E-state index in [-0.39, 0.29) is 12.3 Å². The first-order valence-corrected chi connectivity index (χ1v) is 6.94. The fourth-order valence-corrected chi connectivity index (χ4v) is 2.35. The highest BCUT2D eigenvalue weighted by molar-refractivity contribution is 5.35. The van der Waals surface area contributed by atoms with Gasteiger partial charge in [0.05, 0.1) is 4.92 Å². The number of rotatable bonds is 7. The predicted molar refractivity (Wildman–Crippen MR) is 74.9 cm³/mol. The summed E-state index contributed by atoms with van der Waals surface area (Å²) >= 11 is 0. The fraction of sp³-hybridized carbons (Fsp3) is 0.571. The van der Waals surface area contributed by atoms with Crippen LogP contribution in [-0.4, -0.2) is 35.3 Å². The highest BCUT2D eigenvalue weighted by Gasteiger charge is 2.15. The molecule has 6 heteroatoms. The van der Waals surface area contributed by atoms with Gasteiger partial charge in [-0.15, -0.1) is 0 Å². The van der Waals surface area contributed by atoms with Crippen molar-refractivity contribution in [3.8, 4) is 5.75 Å². The maximum Gasteiger partial charge on any atom is 0.269 e. The van der Waals surface area contributed by atoms with Crippen LogP contribution in [0.1, 0.15) is 25.7 Å². The van der Waals surface area contributed by atoms with Gasteiger partial charge in [-0.3, -0.25) is 10.1 Å². The minimum absolute atomic E-state index is 0.0285. The van der Waals surface area contributed by atoms with Crippen molar-refractivity contribution in [2.45, 2.75) is 37.8 Å². The van der Waals surface area contributed by atoms with E-state index in [1.54, 1.807) is 0 Å². The zero-order valence-electron chi connectivity index (χ0n) is 11.3. The third-order valence-electron chi connectivity index (χ3n) is 3.49. The summed E-state index contributed by atoms with van der Waals surface area (Å²) in [4.78, 5) is 10.1. The maximum absolute atomic E-state index is 10.5. The summed E-state index contributed by atoms with van der Waals surface area (Å²) in [5, 5.41) is 23.6. The van der Waals surface area contributed by atoms with Crippen LogP contribution in [0.3, 0.4) is 0 Å². The zero-order valence-corrected chi connectivity index (χ0v) is 11.3. The normalized spacial score (nSPS) is 17.1. The Labute approximate surface area is 117 Å². The number of nitro benzene ring substituents is 1. The van der Waals surface area contributed by atoms with Gasteiger partial charge in [-0.1, -0.05) is 12.8 Å². The van der Waals surface area contributed by atoms with Crippen molar-refractivity contribution < 1.29 is 14.8 Å². The lowest BCUT2D eigenvalue weighted by atomic mass is 10.2. The lowest BCUT2D eigenvalue weighted by molar-refractivity contribution is -0.384. The molecule has 0 heterocycles. The van der Waals surface area contributed by atoms with Gasteiger partial charge in [0.1, 0.15) is 18.5 Å². The van der Waals surface area contributed by atoms with Crippen LogP contribution < -0.4 is 10.1 Å². The number of nitrogens with zero attached hydrogens (tertiary/aromatic N) is 1. The van der Waals surface area contributed by atoms with Gasteiger partial charge >= 0.3 is 0 Å². The fourth-order valence-electron chi connectivity index (χ4n) is 2.35. The van der Waals surface area contributed by atoms with E-state index in [2.05, 4.69) is 5.32 Å². The molecule has 0 aromatic heterocycles. The number of hydrogen-bond acceptors (Lipinski definition) is 5. The number of ether oxygens (including phenoxy) is 1. The van der Waals surface area contributed by atoms with Gasteiger partial charge in [0, 0.05) is 24.7 Å². The lowest BCUT2D eigenvalue weighted by Gasteiger charge is -2.16. The van der Waals surface area contributed by atoms with E-state index in [4.69, 9.17) is 4.74 Å². The Morgan fingerprint density at radius 1 is 1.35 bits per heavy atom. The first kappa shape index (κ1) is 14.7. The van der Waals surface area contributed by atoms with Crippen molar-refractivity contribution in [3.63, 3.8) is 0 Å². The first-order valence-electron chi connectivity index (χ1n) is 6.94. The number of nitro groups is 1. The van der Waals surface area contributed by atoms with Gasteiger partial charge in [-0.25, -0.2) is 0 Å². The van der Waals surface area contributed by atoms with Crippen LogP contribution in [0.2, 0.25) is 0 Å². The van der Waals surface area contributed by atoms with Gasteiger partial charge in [0.25, 0.3) is 5.69 Å². The van der Waals surface area contributed by atoms with Crippen molar-refractivity contribution in [2.24, 2.45) is 0 Å². The molecule has 1 aromatic rings. The summed E-state index contributed by atoms with van der Waals surface area (Å²) in [7, 11) is 0. The molecule has 2 N–H and O–H groups in total. The second-order valence-electron chi connectivity index (χ2n) is 5.11. The monoisotopic (exact) mass is 280 g/mol. The van der Waals surface area contributed by atoms with Crippen molar-refractivity contribution in [3.05, 3.63) is 34.4 Å². The molecule has 1 aromatic carbocycles. The minimum atomic E-state index is -0.578. The second kappa shape index (κ2) is 7.21. The van der Waals surface area contributed by atoms with Gasteiger partial charge in [-0.2, -0.15) is 0 Å². The molecule has 110 valence electrons. The van der Waals surface area contributed by atoms with E-state index >= 15 is 0 Å². The molecule has 0 radical (unpaired) electrons. The van der Waals surface area contributed by atoms with E-state index in [1.807, 2.05) is 0 Å². The summed E-state index contributed by atoms with van der Waals surface area (Å²) in [5.74, 6) is 0.524. The topological polar surface area (TPSA) is 84.6 Å². The third-order valence-corrected chi connectivity index (χ3v) is 3.49. The van der Waals surface area contributed by atoms with Gasteiger partial charge in [-0.05, 0) is 25.0 Å². The predicted octanol–water partition coefficient (Wildman–Crippen LogP) is 1.87. The Kier molecular flexibility index (Phi) is 5.31. The van der Waals surface area contributed by atoms with Crippen LogP contribution in [0, 0.1) is 10.1 Å². The minimum Gasteiger partial charge on any atom is -0.491 e. The third kappa shape index (κ3) is 4.47. The van der Waals surface area contributed by atoms with Crippen LogP contribution in [0.25, 0.3) is 0 Å². The Hall–Kier alpha value is -1.66. The van der Waals surface area contributed by atoms with Crippen LogP contribution in [-0.2, 0) is 0 Å². The van der Waals surface area contributed by atoms with Gasteiger partial charge < -0.3 is 15.2 Å². The molecule has 2 rings (SSSR count). The molecule has 0 saturated heterocycles.